The first-order chi connectivity index (χ1) is 14.5. The fraction of sp³-hybridized carbons (Fsp3) is 0.158. The summed E-state index contributed by atoms with van der Waals surface area (Å²) in [6, 6.07) is 8.32. The predicted octanol–water partition coefficient (Wildman–Crippen LogP) is 4.04. The molecule has 11 heteroatoms. The number of halogens is 3. The fourth-order valence-electron chi connectivity index (χ4n) is 2.95. The number of benzene rings is 1. The lowest BCUT2D eigenvalue weighted by atomic mass is 10.1. The molecule has 3 aromatic heterocycles. The van der Waals surface area contributed by atoms with Gasteiger partial charge in [-0.05, 0) is 12.1 Å². The van der Waals surface area contributed by atoms with Crippen LogP contribution in [0.4, 0.5) is 18.9 Å². The molecule has 0 fully saturated rings. The zero-order valence-corrected chi connectivity index (χ0v) is 16.3. The highest BCUT2D eigenvalue weighted by molar-refractivity contribution is 7.93. The number of aromatic amines is 1. The highest BCUT2D eigenvalue weighted by Gasteiger charge is 2.23. The van der Waals surface area contributed by atoms with Crippen LogP contribution < -0.4 is 14.2 Å². The fourth-order valence-corrected chi connectivity index (χ4v) is 3.94. The molecule has 4 aromatic rings. The van der Waals surface area contributed by atoms with Crippen molar-refractivity contribution in [1.82, 2.24) is 15.0 Å². The van der Waals surface area contributed by atoms with Crippen molar-refractivity contribution in [3.05, 3.63) is 48.5 Å². The lowest BCUT2D eigenvalue weighted by molar-refractivity contribution is 0.0770. The highest BCUT2D eigenvalue weighted by atomic mass is 32.2. The zero-order valence-electron chi connectivity index (χ0n) is 15.5. The molecule has 0 aliphatic rings. The van der Waals surface area contributed by atoms with Crippen molar-refractivity contribution in [3.8, 4) is 11.8 Å². The first-order valence-electron chi connectivity index (χ1n) is 8.66. The number of nitrogens with one attached hydrogen (secondary N) is 2. The minimum Gasteiger partial charge on any atom is -0.588 e. The summed E-state index contributed by atoms with van der Waals surface area (Å²) in [6.07, 6.45) is 0.446. The summed E-state index contributed by atoms with van der Waals surface area (Å²) in [4.78, 5) is 11.6. The number of methoxy groups -OCH3 is 1. The minimum absolute atomic E-state index is 0.0222. The van der Waals surface area contributed by atoms with Gasteiger partial charge in [0.05, 0.1) is 29.7 Å². The van der Waals surface area contributed by atoms with E-state index in [1.54, 1.807) is 12.4 Å². The van der Waals surface area contributed by atoms with Gasteiger partial charge in [0, 0.05) is 17.6 Å². The predicted molar refractivity (Wildman–Crippen MR) is 106 cm³/mol. The molecule has 0 aliphatic carbocycles. The maximum absolute atomic E-state index is 14.2. The third-order valence-corrected chi connectivity index (χ3v) is 5.38. The van der Waals surface area contributed by atoms with Gasteiger partial charge in [-0.25, -0.2) is 13.2 Å². The van der Waals surface area contributed by atoms with E-state index in [0.29, 0.717) is 15.8 Å². The van der Waals surface area contributed by atoms with Crippen molar-refractivity contribution >= 4 is 38.9 Å². The van der Waals surface area contributed by atoms with Gasteiger partial charge >= 0.3 is 0 Å². The van der Waals surface area contributed by atoms with E-state index in [4.69, 9.17) is 4.74 Å². The Kier molecular flexibility index (Phi) is 5.55. The molecule has 156 valence electrons. The third kappa shape index (κ3) is 3.81. The van der Waals surface area contributed by atoms with E-state index in [0.717, 1.165) is 17.0 Å². The first kappa shape index (κ1) is 20.1. The second-order valence-electron chi connectivity index (χ2n) is 6.12. The molecule has 30 heavy (non-hydrogen) atoms. The van der Waals surface area contributed by atoms with Crippen LogP contribution in [-0.4, -0.2) is 39.6 Å². The molecule has 1 aromatic carbocycles. The number of rotatable bonds is 7. The van der Waals surface area contributed by atoms with Gasteiger partial charge in [0.15, 0.2) is 12.4 Å². The van der Waals surface area contributed by atoms with Crippen molar-refractivity contribution in [2.24, 2.45) is 0 Å². The number of pyridine rings is 2. The van der Waals surface area contributed by atoms with Gasteiger partial charge in [0.25, 0.3) is 12.3 Å². The van der Waals surface area contributed by atoms with Crippen molar-refractivity contribution in [3.63, 3.8) is 0 Å². The number of anilines is 1. The van der Waals surface area contributed by atoms with Crippen LogP contribution in [0, 0.1) is 5.82 Å². The van der Waals surface area contributed by atoms with Crippen LogP contribution in [0.2, 0.25) is 0 Å². The molecule has 0 spiro atoms. The molecule has 7 nitrogen and oxygen atoms in total. The summed E-state index contributed by atoms with van der Waals surface area (Å²) >= 11 is -1.82. The number of nitrogens with zero attached hydrogens (tertiary/aromatic N) is 2. The quantitative estimate of drug-likeness (QED) is 0.425. The molecule has 4 rings (SSSR count). The molecular formula is C19H15F3N4O3S. The van der Waals surface area contributed by atoms with Crippen molar-refractivity contribution < 1.29 is 27.2 Å². The van der Waals surface area contributed by atoms with Gasteiger partial charge < -0.3 is 19.0 Å². The Morgan fingerprint density at radius 1 is 1.27 bits per heavy atom. The van der Waals surface area contributed by atoms with Crippen molar-refractivity contribution in [1.29, 1.82) is 0 Å². The van der Waals surface area contributed by atoms with Gasteiger partial charge in [-0.3, -0.25) is 4.98 Å². The second kappa shape index (κ2) is 8.28. The molecule has 0 saturated heterocycles. The SMILES string of the molecule is COc1nc(OCC(F)F)c(F)cc1N[S+]([O-])c1c[nH]c2c1ccc1cccnc12. The van der Waals surface area contributed by atoms with Gasteiger partial charge in [-0.15, -0.1) is 0 Å². The summed E-state index contributed by atoms with van der Waals surface area (Å²) in [5.74, 6) is -1.78. The lowest BCUT2D eigenvalue weighted by Gasteiger charge is -2.14. The number of aromatic nitrogens is 3. The molecule has 0 saturated carbocycles. The maximum Gasteiger partial charge on any atom is 0.272 e. The Hall–Kier alpha value is -3.18. The molecule has 0 aliphatic heterocycles. The number of hydrogen-bond acceptors (Lipinski definition) is 6. The second-order valence-corrected chi connectivity index (χ2v) is 7.30. The Labute approximate surface area is 171 Å². The van der Waals surface area contributed by atoms with E-state index in [1.165, 1.54) is 7.11 Å². The topological polar surface area (TPSA) is 95.1 Å². The largest absolute Gasteiger partial charge is 0.588 e. The molecular weight excluding hydrogens is 421 g/mol. The monoisotopic (exact) mass is 436 g/mol. The molecule has 0 amide bonds. The summed E-state index contributed by atoms with van der Waals surface area (Å²) in [7, 11) is 1.26. The number of hydrogen-bond donors (Lipinski definition) is 2. The van der Waals surface area contributed by atoms with Gasteiger partial charge in [-0.1, -0.05) is 12.1 Å². The summed E-state index contributed by atoms with van der Waals surface area (Å²) in [6.45, 7) is -1.01. The molecule has 0 bridgehead atoms. The van der Waals surface area contributed by atoms with Crippen LogP contribution in [0.15, 0.2) is 47.6 Å². The summed E-state index contributed by atoms with van der Waals surface area (Å²) in [5, 5.41) is 1.60. The van der Waals surface area contributed by atoms with Gasteiger partial charge in [-0.2, -0.15) is 9.71 Å². The van der Waals surface area contributed by atoms with Gasteiger partial charge in [0.2, 0.25) is 10.8 Å². The number of H-pyrrole nitrogens is 1. The van der Waals surface area contributed by atoms with E-state index in [9.17, 15) is 17.7 Å². The highest BCUT2D eigenvalue weighted by Crippen LogP contribution is 2.33. The number of ether oxygens (including phenoxy) is 2. The number of fused-ring (bicyclic) bond motifs is 3. The number of alkyl halides is 2. The zero-order chi connectivity index (χ0) is 21.3. The molecule has 1 atom stereocenters. The van der Waals surface area contributed by atoms with E-state index in [2.05, 4.69) is 24.4 Å². The van der Waals surface area contributed by atoms with E-state index in [1.807, 2.05) is 24.3 Å². The van der Waals surface area contributed by atoms with Crippen molar-refractivity contribution in [2.45, 2.75) is 11.3 Å². The van der Waals surface area contributed by atoms with Crippen LogP contribution in [0.3, 0.4) is 0 Å². The van der Waals surface area contributed by atoms with E-state index < -0.39 is 36.1 Å². The Bertz CT molecular complexity index is 1200. The maximum atomic E-state index is 14.2. The minimum atomic E-state index is -2.78. The van der Waals surface area contributed by atoms with Crippen LogP contribution in [0.25, 0.3) is 21.8 Å². The lowest BCUT2D eigenvalue weighted by Crippen LogP contribution is -2.15. The molecule has 2 N–H and O–H groups in total. The van der Waals surface area contributed by atoms with Crippen LogP contribution in [0.5, 0.6) is 11.8 Å². The standard InChI is InChI=1S/C19H15F3N4O3S/c1-28-19-13(7-12(20)18(25-19)29-9-15(21)22)26-30(27)14-8-24-17-11(14)5-4-10-3-2-6-23-16(10)17/h2-8,15,24,26H,9H2,1H3. The molecule has 1 unspecified atom stereocenters. The average molecular weight is 436 g/mol. The van der Waals surface area contributed by atoms with Crippen LogP contribution in [0.1, 0.15) is 0 Å². The Morgan fingerprint density at radius 3 is 2.87 bits per heavy atom. The average Bonchev–Trinajstić information content (AvgIpc) is 3.18. The van der Waals surface area contributed by atoms with Gasteiger partial charge in [0.1, 0.15) is 17.0 Å². The molecule has 0 radical (unpaired) electrons. The summed E-state index contributed by atoms with van der Waals surface area (Å²) in [5.41, 5.74) is 1.42. The Balaban J connectivity index is 1.64. The van der Waals surface area contributed by atoms with Crippen LogP contribution in [-0.2, 0) is 11.4 Å². The van der Waals surface area contributed by atoms with Crippen LogP contribution >= 0.6 is 0 Å². The normalized spacial score (nSPS) is 12.5. The smallest absolute Gasteiger partial charge is 0.272 e. The van der Waals surface area contributed by atoms with E-state index in [-0.39, 0.29) is 11.6 Å². The summed E-state index contributed by atoms with van der Waals surface area (Å²) < 4.78 is 64.1. The third-order valence-electron chi connectivity index (χ3n) is 4.24. The van der Waals surface area contributed by atoms with E-state index >= 15 is 0 Å². The first-order valence-corrected chi connectivity index (χ1v) is 9.81. The molecule has 3 heterocycles. The Morgan fingerprint density at radius 2 is 2.10 bits per heavy atom. The van der Waals surface area contributed by atoms with Crippen molar-refractivity contribution in [2.75, 3.05) is 18.4 Å².